The van der Waals surface area contributed by atoms with Gasteiger partial charge in [0.25, 0.3) is 5.91 Å². The van der Waals surface area contributed by atoms with Crippen LogP contribution in [0.15, 0.2) is 42.6 Å². The molecule has 2 aromatic rings. The molecule has 1 aromatic heterocycles. The van der Waals surface area contributed by atoms with Gasteiger partial charge in [0.2, 0.25) is 0 Å². The summed E-state index contributed by atoms with van der Waals surface area (Å²) in [5.41, 5.74) is 2.27. The Morgan fingerprint density at radius 1 is 1.32 bits per heavy atom. The van der Waals surface area contributed by atoms with Gasteiger partial charge in [0.1, 0.15) is 6.07 Å². The SMILES string of the molecule is CN(C)CC1(CO)CCCN(C(=O)c2ccc(-c3ncccc3C#N)cc2)C1. The average molecular weight is 378 g/mol. The van der Waals surface area contributed by atoms with E-state index in [4.69, 9.17) is 0 Å². The summed E-state index contributed by atoms with van der Waals surface area (Å²) in [7, 11) is 3.98. The number of aliphatic hydroxyl groups is 1. The van der Waals surface area contributed by atoms with E-state index in [1.165, 1.54) is 0 Å². The summed E-state index contributed by atoms with van der Waals surface area (Å²) >= 11 is 0. The summed E-state index contributed by atoms with van der Waals surface area (Å²) in [6.45, 7) is 2.09. The fourth-order valence-electron chi connectivity index (χ4n) is 4.04. The first-order valence-corrected chi connectivity index (χ1v) is 9.48. The van der Waals surface area contributed by atoms with Crippen molar-refractivity contribution in [2.45, 2.75) is 12.8 Å². The van der Waals surface area contributed by atoms with Crippen LogP contribution in [-0.4, -0.2) is 66.1 Å². The molecule has 3 rings (SSSR count). The predicted octanol–water partition coefficient (Wildman–Crippen LogP) is 2.40. The number of amides is 1. The zero-order chi connectivity index (χ0) is 20.1. The van der Waals surface area contributed by atoms with Crippen LogP contribution in [0.3, 0.4) is 0 Å². The molecule has 6 nitrogen and oxygen atoms in total. The summed E-state index contributed by atoms with van der Waals surface area (Å²) in [5, 5.41) is 19.2. The number of benzene rings is 1. The van der Waals surface area contributed by atoms with Crippen LogP contribution in [0, 0.1) is 16.7 Å². The van der Waals surface area contributed by atoms with Crippen molar-refractivity contribution in [2.75, 3.05) is 40.3 Å². The Morgan fingerprint density at radius 2 is 2.07 bits per heavy atom. The molecule has 1 aliphatic rings. The number of carbonyl (C=O) groups is 1. The first kappa shape index (κ1) is 20.0. The van der Waals surface area contributed by atoms with Crippen LogP contribution in [0.5, 0.6) is 0 Å². The van der Waals surface area contributed by atoms with Crippen LogP contribution in [0.2, 0.25) is 0 Å². The highest BCUT2D eigenvalue weighted by atomic mass is 16.3. The lowest BCUT2D eigenvalue weighted by molar-refractivity contribution is 0.0138. The molecule has 146 valence electrons. The molecule has 1 aromatic carbocycles. The molecule has 1 amide bonds. The highest BCUT2D eigenvalue weighted by Gasteiger charge is 2.37. The molecule has 1 unspecified atom stereocenters. The Kier molecular flexibility index (Phi) is 6.08. The van der Waals surface area contributed by atoms with Crippen molar-refractivity contribution in [1.29, 1.82) is 5.26 Å². The van der Waals surface area contributed by atoms with Crippen LogP contribution in [-0.2, 0) is 0 Å². The summed E-state index contributed by atoms with van der Waals surface area (Å²) in [6.07, 6.45) is 3.46. The van der Waals surface area contributed by atoms with Gasteiger partial charge in [-0.1, -0.05) is 12.1 Å². The molecule has 0 aliphatic carbocycles. The number of hydrogen-bond acceptors (Lipinski definition) is 5. The smallest absolute Gasteiger partial charge is 0.253 e. The second-order valence-electron chi connectivity index (χ2n) is 7.81. The number of aromatic nitrogens is 1. The van der Waals surface area contributed by atoms with Gasteiger partial charge in [0.05, 0.1) is 17.9 Å². The molecule has 0 saturated carbocycles. The summed E-state index contributed by atoms with van der Waals surface area (Å²) in [4.78, 5) is 21.2. The van der Waals surface area contributed by atoms with Gasteiger partial charge in [-0.3, -0.25) is 9.78 Å². The Hall–Kier alpha value is -2.75. The number of aliphatic hydroxyl groups excluding tert-OH is 1. The fourth-order valence-corrected chi connectivity index (χ4v) is 4.04. The molecule has 1 fully saturated rings. The lowest BCUT2D eigenvalue weighted by Gasteiger charge is -2.43. The second kappa shape index (κ2) is 8.51. The van der Waals surface area contributed by atoms with Crippen molar-refractivity contribution in [1.82, 2.24) is 14.8 Å². The van der Waals surface area contributed by atoms with Gasteiger partial charge in [0.15, 0.2) is 0 Å². The Labute approximate surface area is 166 Å². The first-order chi connectivity index (χ1) is 13.5. The largest absolute Gasteiger partial charge is 0.396 e. The Morgan fingerprint density at radius 3 is 2.71 bits per heavy atom. The summed E-state index contributed by atoms with van der Waals surface area (Å²) in [5.74, 6) is -0.0237. The number of likely N-dealkylation sites (tertiary alicyclic amines) is 1. The van der Waals surface area contributed by atoms with Crippen molar-refractivity contribution in [2.24, 2.45) is 5.41 Å². The van der Waals surface area contributed by atoms with Gasteiger partial charge >= 0.3 is 0 Å². The third-order valence-electron chi connectivity index (χ3n) is 5.27. The molecule has 1 atom stereocenters. The van der Waals surface area contributed by atoms with E-state index in [-0.39, 0.29) is 17.9 Å². The molecule has 0 bridgehead atoms. The lowest BCUT2D eigenvalue weighted by Crippen LogP contribution is -2.51. The Balaban J connectivity index is 1.78. The molecule has 1 aliphatic heterocycles. The third-order valence-corrected chi connectivity index (χ3v) is 5.27. The molecular formula is C22H26N4O2. The molecule has 1 saturated heterocycles. The van der Waals surface area contributed by atoms with E-state index in [1.54, 1.807) is 30.5 Å². The molecule has 0 spiro atoms. The maximum atomic E-state index is 13.0. The minimum atomic E-state index is -0.271. The number of nitriles is 1. The predicted molar refractivity (Wildman–Crippen MR) is 108 cm³/mol. The Bertz CT molecular complexity index is 873. The molecule has 2 heterocycles. The number of pyridine rings is 1. The van der Waals surface area contributed by atoms with Crippen molar-refractivity contribution in [3.8, 4) is 17.3 Å². The van der Waals surface area contributed by atoms with Crippen molar-refractivity contribution in [3.05, 3.63) is 53.7 Å². The normalized spacial score (nSPS) is 19.5. The van der Waals surface area contributed by atoms with Gasteiger partial charge in [0, 0.05) is 42.4 Å². The van der Waals surface area contributed by atoms with E-state index < -0.39 is 0 Å². The minimum Gasteiger partial charge on any atom is -0.396 e. The highest BCUT2D eigenvalue weighted by molar-refractivity contribution is 5.94. The van der Waals surface area contributed by atoms with E-state index in [0.717, 1.165) is 24.9 Å². The van der Waals surface area contributed by atoms with Gasteiger partial charge in [-0.25, -0.2) is 0 Å². The van der Waals surface area contributed by atoms with E-state index in [2.05, 4.69) is 16.0 Å². The summed E-state index contributed by atoms with van der Waals surface area (Å²) < 4.78 is 0. The van der Waals surface area contributed by atoms with E-state index >= 15 is 0 Å². The minimum absolute atomic E-state index is 0.0237. The molecule has 6 heteroatoms. The monoisotopic (exact) mass is 378 g/mol. The van der Waals surface area contributed by atoms with Gasteiger partial charge in [-0.15, -0.1) is 0 Å². The van der Waals surface area contributed by atoms with Crippen LogP contribution >= 0.6 is 0 Å². The van der Waals surface area contributed by atoms with Gasteiger partial charge in [-0.05, 0) is 51.2 Å². The highest BCUT2D eigenvalue weighted by Crippen LogP contribution is 2.31. The first-order valence-electron chi connectivity index (χ1n) is 9.48. The molecule has 28 heavy (non-hydrogen) atoms. The standard InChI is InChI=1S/C22H26N4O2/c1-25(2)14-22(16-27)10-4-12-26(15-22)21(28)18-8-6-17(7-9-18)20-19(13-23)5-3-11-24-20/h3,5-9,11,27H,4,10,12,14-16H2,1-2H3. The molecular weight excluding hydrogens is 352 g/mol. The molecule has 0 radical (unpaired) electrons. The second-order valence-corrected chi connectivity index (χ2v) is 7.81. The topological polar surface area (TPSA) is 80.5 Å². The number of piperidine rings is 1. The van der Waals surface area contributed by atoms with Crippen LogP contribution in [0.25, 0.3) is 11.3 Å². The van der Waals surface area contributed by atoms with Crippen molar-refractivity contribution in [3.63, 3.8) is 0 Å². The molecule has 1 N–H and O–H groups in total. The lowest BCUT2D eigenvalue weighted by atomic mass is 9.80. The van der Waals surface area contributed by atoms with Crippen molar-refractivity contribution >= 4 is 5.91 Å². The zero-order valence-corrected chi connectivity index (χ0v) is 16.4. The maximum absolute atomic E-state index is 13.0. The third kappa shape index (κ3) is 4.22. The van der Waals surface area contributed by atoms with Gasteiger partial charge in [-0.2, -0.15) is 5.26 Å². The maximum Gasteiger partial charge on any atom is 0.253 e. The van der Waals surface area contributed by atoms with E-state index in [0.29, 0.717) is 29.9 Å². The fraction of sp³-hybridized carbons (Fsp3) is 0.409. The number of carbonyl (C=O) groups excluding carboxylic acids is 1. The average Bonchev–Trinajstić information content (AvgIpc) is 2.73. The van der Waals surface area contributed by atoms with Crippen LogP contribution in [0.1, 0.15) is 28.8 Å². The van der Waals surface area contributed by atoms with E-state index in [1.807, 2.05) is 31.1 Å². The van der Waals surface area contributed by atoms with Crippen LogP contribution < -0.4 is 0 Å². The number of nitrogens with zero attached hydrogens (tertiary/aromatic N) is 4. The van der Waals surface area contributed by atoms with E-state index in [9.17, 15) is 15.2 Å². The summed E-state index contributed by atoms with van der Waals surface area (Å²) in [6, 6.07) is 12.9. The quantitative estimate of drug-likeness (QED) is 0.864. The van der Waals surface area contributed by atoms with Crippen molar-refractivity contribution < 1.29 is 9.90 Å². The van der Waals surface area contributed by atoms with Crippen LogP contribution in [0.4, 0.5) is 0 Å². The number of hydrogen-bond donors (Lipinski definition) is 1. The number of rotatable bonds is 5. The van der Waals surface area contributed by atoms with Gasteiger partial charge < -0.3 is 14.9 Å². The zero-order valence-electron chi connectivity index (χ0n) is 16.4.